The van der Waals surface area contributed by atoms with Gasteiger partial charge in [0.1, 0.15) is 28.8 Å². The van der Waals surface area contributed by atoms with E-state index in [1.807, 2.05) is 38.1 Å². The minimum atomic E-state index is -0.299. The van der Waals surface area contributed by atoms with Crippen LogP contribution < -0.4 is 20.7 Å². The van der Waals surface area contributed by atoms with Gasteiger partial charge in [0, 0.05) is 36.9 Å². The molecule has 168 valence electrons. The van der Waals surface area contributed by atoms with E-state index in [9.17, 15) is 4.79 Å². The summed E-state index contributed by atoms with van der Waals surface area (Å²) < 4.78 is 6.68. The predicted molar refractivity (Wildman–Crippen MR) is 126 cm³/mol. The number of nitrogens with one attached hydrogen (secondary N) is 3. The van der Waals surface area contributed by atoms with Crippen LogP contribution in [0.4, 0.5) is 28.8 Å². The SMILES string of the molecule is COc1nn(C)cc1C(=O)Nc1ccc(Nc2cc(Nc3cc(C)ccn3)nc(C)n2)cc1. The van der Waals surface area contributed by atoms with Gasteiger partial charge in [0.2, 0.25) is 5.88 Å². The van der Waals surface area contributed by atoms with Gasteiger partial charge in [0.05, 0.1) is 7.11 Å². The summed E-state index contributed by atoms with van der Waals surface area (Å²) in [7, 11) is 3.21. The zero-order chi connectivity index (χ0) is 23.4. The molecule has 0 aliphatic heterocycles. The summed E-state index contributed by atoms with van der Waals surface area (Å²) in [5, 5.41) is 13.4. The van der Waals surface area contributed by atoms with Crippen LogP contribution in [0, 0.1) is 13.8 Å². The molecule has 0 aliphatic rings. The first-order chi connectivity index (χ1) is 15.9. The molecule has 0 radical (unpaired) electrons. The first-order valence-corrected chi connectivity index (χ1v) is 10.2. The molecule has 0 aliphatic carbocycles. The quantitative estimate of drug-likeness (QED) is 0.392. The van der Waals surface area contributed by atoms with Gasteiger partial charge in [-0.3, -0.25) is 9.48 Å². The summed E-state index contributed by atoms with van der Waals surface area (Å²) >= 11 is 0. The highest BCUT2D eigenvalue weighted by molar-refractivity contribution is 6.05. The second kappa shape index (κ2) is 9.35. The van der Waals surface area contributed by atoms with Crippen LogP contribution in [0.2, 0.25) is 0 Å². The minimum Gasteiger partial charge on any atom is -0.479 e. The lowest BCUT2D eigenvalue weighted by atomic mass is 10.2. The zero-order valence-electron chi connectivity index (χ0n) is 18.7. The van der Waals surface area contributed by atoms with Crippen LogP contribution in [0.3, 0.4) is 0 Å². The molecule has 0 spiro atoms. The third kappa shape index (κ3) is 5.42. The van der Waals surface area contributed by atoms with Gasteiger partial charge in [-0.25, -0.2) is 15.0 Å². The van der Waals surface area contributed by atoms with Gasteiger partial charge in [0.15, 0.2) is 0 Å². The number of ether oxygens (including phenoxy) is 1. The normalized spacial score (nSPS) is 10.5. The Balaban J connectivity index is 1.44. The number of hydrogen-bond acceptors (Lipinski definition) is 8. The molecule has 0 atom stereocenters. The Morgan fingerprint density at radius 1 is 0.939 bits per heavy atom. The van der Waals surface area contributed by atoms with Gasteiger partial charge >= 0.3 is 0 Å². The van der Waals surface area contributed by atoms with E-state index >= 15 is 0 Å². The number of carbonyl (C=O) groups excluding carboxylic acids is 1. The van der Waals surface area contributed by atoms with E-state index in [0.717, 1.165) is 11.3 Å². The van der Waals surface area contributed by atoms with Crippen molar-refractivity contribution < 1.29 is 9.53 Å². The molecule has 33 heavy (non-hydrogen) atoms. The Labute approximate surface area is 191 Å². The Bertz CT molecular complexity index is 1280. The molecule has 3 N–H and O–H groups in total. The molecule has 10 heteroatoms. The van der Waals surface area contributed by atoms with Crippen molar-refractivity contribution in [2.75, 3.05) is 23.1 Å². The summed E-state index contributed by atoms with van der Waals surface area (Å²) in [4.78, 5) is 25.7. The molecule has 0 unspecified atom stereocenters. The van der Waals surface area contributed by atoms with Crippen LogP contribution in [-0.4, -0.2) is 37.7 Å². The number of aromatic nitrogens is 5. The summed E-state index contributed by atoms with van der Waals surface area (Å²) in [5.41, 5.74) is 2.92. The monoisotopic (exact) mass is 444 g/mol. The van der Waals surface area contributed by atoms with Crippen molar-refractivity contribution in [1.29, 1.82) is 0 Å². The number of anilines is 5. The van der Waals surface area contributed by atoms with Gasteiger partial charge in [-0.2, -0.15) is 0 Å². The maximum absolute atomic E-state index is 12.5. The number of hydrogen-bond donors (Lipinski definition) is 3. The summed E-state index contributed by atoms with van der Waals surface area (Å²) in [5.74, 6) is 2.58. The average Bonchev–Trinajstić information content (AvgIpc) is 3.16. The van der Waals surface area contributed by atoms with Crippen molar-refractivity contribution in [3.8, 4) is 5.88 Å². The molecule has 0 saturated heterocycles. The van der Waals surface area contributed by atoms with E-state index in [4.69, 9.17) is 4.74 Å². The highest BCUT2D eigenvalue weighted by atomic mass is 16.5. The largest absolute Gasteiger partial charge is 0.479 e. The molecule has 1 aromatic carbocycles. The number of pyridine rings is 1. The second-order valence-corrected chi connectivity index (χ2v) is 7.41. The number of amides is 1. The number of nitrogens with zero attached hydrogens (tertiary/aromatic N) is 5. The highest BCUT2D eigenvalue weighted by Crippen LogP contribution is 2.22. The lowest BCUT2D eigenvalue weighted by Gasteiger charge is -2.11. The van der Waals surface area contributed by atoms with Gasteiger partial charge in [-0.1, -0.05) is 0 Å². The van der Waals surface area contributed by atoms with Crippen LogP contribution in [0.1, 0.15) is 21.7 Å². The molecule has 0 bridgehead atoms. The first-order valence-electron chi connectivity index (χ1n) is 10.2. The fourth-order valence-corrected chi connectivity index (χ4v) is 3.19. The maximum atomic E-state index is 12.5. The standard InChI is InChI=1S/C23H24N8O2/c1-14-9-10-24-19(11-14)29-21-12-20(25-15(2)26-21)27-16-5-7-17(8-6-16)28-22(32)18-13-31(3)30-23(18)33-4/h5-13H,1-4H3,(H,28,32)(H2,24,25,26,27,29). The van der Waals surface area contributed by atoms with Crippen LogP contribution in [0.25, 0.3) is 0 Å². The molecule has 4 rings (SSSR count). The third-order valence-electron chi connectivity index (χ3n) is 4.66. The molecular weight excluding hydrogens is 420 g/mol. The second-order valence-electron chi connectivity index (χ2n) is 7.41. The maximum Gasteiger partial charge on any atom is 0.262 e. The Hall–Kier alpha value is -4.47. The van der Waals surface area contributed by atoms with E-state index in [2.05, 4.69) is 36.0 Å². The Morgan fingerprint density at radius 3 is 2.33 bits per heavy atom. The topological polar surface area (TPSA) is 119 Å². The molecular formula is C23H24N8O2. The fraction of sp³-hybridized carbons (Fsp3) is 0.174. The smallest absolute Gasteiger partial charge is 0.262 e. The van der Waals surface area contributed by atoms with E-state index in [1.165, 1.54) is 11.8 Å². The fourth-order valence-electron chi connectivity index (χ4n) is 3.19. The molecule has 0 saturated carbocycles. The molecule has 10 nitrogen and oxygen atoms in total. The number of carbonyl (C=O) groups is 1. The highest BCUT2D eigenvalue weighted by Gasteiger charge is 2.16. The van der Waals surface area contributed by atoms with Gasteiger partial charge in [0.25, 0.3) is 5.91 Å². The number of rotatable bonds is 7. The molecule has 3 aromatic heterocycles. The number of aryl methyl sites for hydroxylation is 3. The van der Waals surface area contributed by atoms with E-state index in [0.29, 0.717) is 34.5 Å². The third-order valence-corrected chi connectivity index (χ3v) is 4.66. The Morgan fingerprint density at radius 2 is 1.64 bits per heavy atom. The van der Waals surface area contributed by atoms with Crippen LogP contribution in [0.5, 0.6) is 5.88 Å². The van der Waals surface area contributed by atoms with Gasteiger partial charge in [-0.15, -0.1) is 5.10 Å². The van der Waals surface area contributed by atoms with Crippen molar-refractivity contribution in [2.24, 2.45) is 7.05 Å². The number of methoxy groups -OCH3 is 1. The minimum absolute atomic E-state index is 0.276. The molecule has 3 heterocycles. The summed E-state index contributed by atoms with van der Waals surface area (Å²) in [6.07, 6.45) is 3.36. The molecule has 4 aromatic rings. The van der Waals surface area contributed by atoms with E-state index < -0.39 is 0 Å². The number of benzene rings is 1. The van der Waals surface area contributed by atoms with Crippen molar-refractivity contribution in [2.45, 2.75) is 13.8 Å². The summed E-state index contributed by atoms with van der Waals surface area (Å²) in [6, 6.07) is 13.0. The lowest BCUT2D eigenvalue weighted by Crippen LogP contribution is -2.12. The van der Waals surface area contributed by atoms with Crippen LogP contribution >= 0.6 is 0 Å². The van der Waals surface area contributed by atoms with Crippen LogP contribution in [-0.2, 0) is 7.05 Å². The van der Waals surface area contributed by atoms with Gasteiger partial charge < -0.3 is 20.7 Å². The molecule has 1 amide bonds. The first kappa shape index (κ1) is 21.8. The van der Waals surface area contributed by atoms with Crippen molar-refractivity contribution >= 4 is 34.7 Å². The zero-order valence-corrected chi connectivity index (χ0v) is 18.7. The van der Waals surface area contributed by atoms with Crippen LogP contribution in [0.15, 0.2) is 54.9 Å². The van der Waals surface area contributed by atoms with E-state index in [-0.39, 0.29) is 11.8 Å². The van der Waals surface area contributed by atoms with E-state index in [1.54, 1.807) is 37.6 Å². The lowest BCUT2D eigenvalue weighted by molar-refractivity contribution is 0.102. The summed E-state index contributed by atoms with van der Waals surface area (Å²) in [6.45, 7) is 3.83. The predicted octanol–water partition coefficient (Wildman–Crippen LogP) is 3.97. The molecule has 0 fully saturated rings. The average molecular weight is 444 g/mol. The Kier molecular flexibility index (Phi) is 6.16. The van der Waals surface area contributed by atoms with Crippen molar-refractivity contribution in [3.05, 3.63) is 71.8 Å². The van der Waals surface area contributed by atoms with Gasteiger partial charge in [-0.05, 0) is 55.8 Å². The van der Waals surface area contributed by atoms with Crippen molar-refractivity contribution in [3.63, 3.8) is 0 Å². The van der Waals surface area contributed by atoms with Crippen molar-refractivity contribution in [1.82, 2.24) is 24.7 Å².